The summed E-state index contributed by atoms with van der Waals surface area (Å²) in [5, 5.41) is 11.6. The van der Waals surface area contributed by atoms with Crippen molar-refractivity contribution in [3.63, 3.8) is 0 Å². The lowest BCUT2D eigenvalue weighted by Gasteiger charge is -2.23. The molecule has 0 radical (unpaired) electrons. The molecule has 0 aliphatic heterocycles. The summed E-state index contributed by atoms with van der Waals surface area (Å²) in [5.74, 6) is -0.902. The van der Waals surface area contributed by atoms with Crippen LogP contribution in [0.1, 0.15) is 24.2 Å². The first-order chi connectivity index (χ1) is 7.34. The van der Waals surface area contributed by atoms with Crippen molar-refractivity contribution in [1.82, 2.24) is 5.32 Å². The molecule has 0 aliphatic carbocycles. The van der Waals surface area contributed by atoms with Gasteiger partial charge in [0, 0.05) is 10.0 Å². The number of nitrogens with one attached hydrogen (secondary N) is 1. The summed E-state index contributed by atoms with van der Waals surface area (Å²) in [7, 11) is 0. The summed E-state index contributed by atoms with van der Waals surface area (Å²) in [6.07, 6.45) is 0. The maximum Gasteiger partial charge on any atom is 0.251 e. The van der Waals surface area contributed by atoms with Crippen molar-refractivity contribution in [1.29, 1.82) is 0 Å². The maximum absolute atomic E-state index is 13.0. The highest BCUT2D eigenvalue weighted by molar-refractivity contribution is 9.10. The van der Waals surface area contributed by atoms with E-state index >= 15 is 0 Å². The van der Waals surface area contributed by atoms with E-state index in [1.807, 2.05) is 0 Å². The van der Waals surface area contributed by atoms with E-state index in [2.05, 4.69) is 21.2 Å². The van der Waals surface area contributed by atoms with E-state index < -0.39 is 17.3 Å². The second kappa shape index (κ2) is 4.93. The molecule has 1 rings (SSSR count). The van der Waals surface area contributed by atoms with Crippen molar-refractivity contribution in [2.24, 2.45) is 0 Å². The molecule has 1 aromatic rings. The summed E-state index contributed by atoms with van der Waals surface area (Å²) >= 11 is 3.11. The molecular formula is C11H13BrFNO2. The minimum atomic E-state index is -0.726. The minimum absolute atomic E-state index is 0.185. The number of rotatable bonds is 3. The van der Waals surface area contributed by atoms with E-state index in [0.717, 1.165) is 6.07 Å². The largest absolute Gasteiger partial charge is 0.394 e. The normalized spacial score (nSPS) is 11.3. The van der Waals surface area contributed by atoms with E-state index in [4.69, 9.17) is 5.11 Å². The van der Waals surface area contributed by atoms with Crippen LogP contribution in [0.25, 0.3) is 0 Å². The maximum atomic E-state index is 13.0. The van der Waals surface area contributed by atoms with Crippen molar-refractivity contribution in [2.75, 3.05) is 6.61 Å². The zero-order valence-electron chi connectivity index (χ0n) is 9.05. The van der Waals surface area contributed by atoms with Gasteiger partial charge in [-0.15, -0.1) is 0 Å². The average Bonchev–Trinajstić information content (AvgIpc) is 2.15. The van der Waals surface area contributed by atoms with Crippen LogP contribution < -0.4 is 5.32 Å². The topological polar surface area (TPSA) is 49.3 Å². The summed E-state index contributed by atoms with van der Waals surface area (Å²) in [6, 6.07) is 3.94. The molecule has 2 N–H and O–H groups in total. The first-order valence-corrected chi connectivity index (χ1v) is 5.53. The summed E-state index contributed by atoms with van der Waals surface area (Å²) < 4.78 is 13.5. The van der Waals surface area contributed by atoms with Crippen molar-refractivity contribution in [3.8, 4) is 0 Å². The molecule has 1 aromatic carbocycles. The van der Waals surface area contributed by atoms with Crippen LogP contribution in [0.2, 0.25) is 0 Å². The Kier molecular flexibility index (Phi) is 4.04. The summed E-state index contributed by atoms with van der Waals surface area (Å²) in [6.45, 7) is 3.17. The highest BCUT2D eigenvalue weighted by atomic mass is 79.9. The number of benzene rings is 1. The quantitative estimate of drug-likeness (QED) is 0.895. The lowest BCUT2D eigenvalue weighted by Crippen LogP contribution is -2.46. The Morgan fingerprint density at radius 2 is 2.12 bits per heavy atom. The Hall–Kier alpha value is -0.940. The van der Waals surface area contributed by atoms with Crippen LogP contribution in [-0.4, -0.2) is 23.2 Å². The standard InChI is InChI=1S/C11H13BrFNO2/c1-11(2,6-15)14-10(16)7-3-8(12)5-9(13)4-7/h3-5,15H,6H2,1-2H3,(H,14,16). The van der Waals surface area contributed by atoms with E-state index in [-0.39, 0.29) is 12.2 Å². The molecule has 0 spiro atoms. The van der Waals surface area contributed by atoms with Crippen LogP contribution in [0.4, 0.5) is 4.39 Å². The fraction of sp³-hybridized carbons (Fsp3) is 0.364. The number of carbonyl (C=O) groups excluding carboxylic acids is 1. The van der Waals surface area contributed by atoms with Crippen molar-refractivity contribution in [2.45, 2.75) is 19.4 Å². The van der Waals surface area contributed by atoms with Crippen LogP contribution in [-0.2, 0) is 0 Å². The molecule has 0 heterocycles. The lowest BCUT2D eigenvalue weighted by molar-refractivity contribution is 0.0869. The van der Waals surface area contributed by atoms with Gasteiger partial charge in [0.25, 0.3) is 5.91 Å². The highest BCUT2D eigenvalue weighted by Gasteiger charge is 2.20. The van der Waals surface area contributed by atoms with Crippen molar-refractivity contribution in [3.05, 3.63) is 34.1 Å². The van der Waals surface area contributed by atoms with E-state index in [1.165, 1.54) is 12.1 Å². The van der Waals surface area contributed by atoms with Gasteiger partial charge in [0.2, 0.25) is 0 Å². The Morgan fingerprint density at radius 3 is 2.62 bits per heavy atom. The molecule has 0 aromatic heterocycles. The third-order valence-electron chi connectivity index (χ3n) is 1.97. The Morgan fingerprint density at radius 1 is 1.50 bits per heavy atom. The molecule has 16 heavy (non-hydrogen) atoms. The number of carbonyl (C=O) groups is 1. The van der Waals surface area contributed by atoms with Crippen molar-refractivity contribution >= 4 is 21.8 Å². The molecular weight excluding hydrogens is 277 g/mol. The number of hydrogen-bond donors (Lipinski definition) is 2. The molecule has 0 atom stereocenters. The fourth-order valence-electron chi connectivity index (χ4n) is 1.10. The van der Waals surface area contributed by atoms with Crippen LogP contribution in [0.3, 0.4) is 0 Å². The molecule has 88 valence electrons. The molecule has 0 unspecified atom stereocenters. The fourth-order valence-corrected chi connectivity index (χ4v) is 1.57. The molecule has 0 fully saturated rings. The van der Waals surface area contributed by atoms with Gasteiger partial charge in [0.15, 0.2) is 0 Å². The van der Waals surface area contributed by atoms with Gasteiger partial charge in [-0.05, 0) is 32.0 Å². The Labute approximate surface area is 102 Å². The van der Waals surface area contributed by atoms with Crippen LogP contribution >= 0.6 is 15.9 Å². The monoisotopic (exact) mass is 289 g/mol. The molecule has 0 saturated heterocycles. The second-order valence-corrected chi connectivity index (χ2v) is 5.07. The van der Waals surface area contributed by atoms with Gasteiger partial charge in [-0.1, -0.05) is 15.9 Å². The number of aliphatic hydroxyl groups excluding tert-OH is 1. The number of aliphatic hydroxyl groups is 1. The molecule has 1 amide bonds. The van der Waals surface area contributed by atoms with E-state index in [0.29, 0.717) is 4.47 Å². The van der Waals surface area contributed by atoms with Gasteiger partial charge >= 0.3 is 0 Å². The van der Waals surface area contributed by atoms with Crippen LogP contribution in [0.15, 0.2) is 22.7 Å². The summed E-state index contributed by atoms with van der Waals surface area (Å²) in [4.78, 5) is 11.7. The SMILES string of the molecule is CC(C)(CO)NC(=O)c1cc(F)cc(Br)c1. The Bertz CT molecular complexity index is 387. The first-order valence-electron chi connectivity index (χ1n) is 4.73. The number of amides is 1. The number of halogens is 2. The molecule has 0 saturated carbocycles. The Balaban J connectivity index is 2.89. The summed E-state index contributed by atoms with van der Waals surface area (Å²) in [5.41, 5.74) is -0.510. The van der Waals surface area contributed by atoms with Crippen LogP contribution in [0.5, 0.6) is 0 Å². The van der Waals surface area contributed by atoms with Gasteiger partial charge in [-0.3, -0.25) is 4.79 Å². The van der Waals surface area contributed by atoms with Crippen molar-refractivity contribution < 1.29 is 14.3 Å². The van der Waals surface area contributed by atoms with Gasteiger partial charge in [0.05, 0.1) is 12.1 Å². The average molecular weight is 290 g/mol. The van der Waals surface area contributed by atoms with Gasteiger partial charge in [-0.25, -0.2) is 4.39 Å². The lowest BCUT2D eigenvalue weighted by atomic mass is 10.1. The van der Waals surface area contributed by atoms with Gasteiger partial charge < -0.3 is 10.4 Å². The molecule has 3 nitrogen and oxygen atoms in total. The van der Waals surface area contributed by atoms with Gasteiger partial charge in [-0.2, -0.15) is 0 Å². The highest BCUT2D eigenvalue weighted by Crippen LogP contribution is 2.15. The second-order valence-electron chi connectivity index (χ2n) is 4.15. The predicted octanol–water partition coefficient (Wildman–Crippen LogP) is 2.09. The first kappa shape index (κ1) is 13.1. The third kappa shape index (κ3) is 3.57. The zero-order valence-corrected chi connectivity index (χ0v) is 10.6. The smallest absolute Gasteiger partial charge is 0.251 e. The van der Waals surface area contributed by atoms with Crippen LogP contribution in [0, 0.1) is 5.82 Å². The van der Waals surface area contributed by atoms with E-state index in [1.54, 1.807) is 13.8 Å². The van der Waals surface area contributed by atoms with E-state index in [9.17, 15) is 9.18 Å². The minimum Gasteiger partial charge on any atom is -0.394 e. The van der Waals surface area contributed by atoms with Gasteiger partial charge in [0.1, 0.15) is 5.82 Å². The predicted molar refractivity (Wildman–Crippen MR) is 62.7 cm³/mol. The third-order valence-corrected chi connectivity index (χ3v) is 2.43. The zero-order chi connectivity index (χ0) is 12.3. The molecule has 5 heteroatoms. The molecule has 0 bridgehead atoms. The molecule has 0 aliphatic rings. The number of hydrogen-bond acceptors (Lipinski definition) is 2.